The van der Waals surface area contributed by atoms with Gasteiger partial charge in [0.25, 0.3) is 5.91 Å². The molecule has 2 aromatic rings. The molecule has 0 saturated heterocycles. The maximum atomic E-state index is 11.6. The van der Waals surface area contributed by atoms with E-state index in [4.69, 9.17) is 4.74 Å². The molecule has 1 heterocycles. The Bertz CT molecular complexity index is 541. The highest BCUT2D eigenvalue weighted by Gasteiger charge is 2.06. The number of ether oxygens (including phenoxy) is 1. The van der Waals surface area contributed by atoms with Crippen LogP contribution >= 0.6 is 27.5 Å². The minimum Gasteiger partial charge on any atom is -0.484 e. The van der Waals surface area contributed by atoms with Crippen molar-refractivity contribution in [1.29, 1.82) is 0 Å². The molecule has 0 spiro atoms. The van der Waals surface area contributed by atoms with Crippen LogP contribution in [0, 0.1) is 6.92 Å². The van der Waals surface area contributed by atoms with E-state index >= 15 is 0 Å². The molecule has 0 radical (unpaired) electrons. The Labute approximate surface area is 116 Å². The Morgan fingerprint density at radius 2 is 2.17 bits per heavy atom. The predicted molar refractivity (Wildman–Crippen MR) is 72.9 cm³/mol. The number of hydrogen-bond acceptors (Lipinski definition) is 5. The largest absolute Gasteiger partial charge is 0.484 e. The summed E-state index contributed by atoms with van der Waals surface area (Å²) >= 11 is 4.47. The van der Waals surface area contributed by atoms with Crippen LogP contribution in [0.4, 0.5) is 5.13 Å². The van der Waals surface area contributed by atoms with Crippen molar-refractivity contribution < 1.29 is 9.53 Å². The lowest BCUT2D eigenvalue weighted by atomic mass is 10.3. The molecular formula is C11H10BrN3O2S. The number of nitrogens with zero attached hydrogens (tertiary/aromatic N) is 2. The van der Waals surface area contributed by atoms with E-state index in [-0.39, 0.29) is 12.5 Å². The fourth-order valence-corrected chi connectivity index (χ4v) is 2.04. The first-order chi connectivity index (χ1) is 8.63. The van der Waals surface area contributed by atoms with Crippen molar-refractivity contribution in [2.45, 2.75) is 6.92 Å². The third kappa shape index (κ3) is 3.78. The lowest BCUT2D eigenvalue weighted by Crippen LogP contribution is -2.20. The van der Waals surface area contributed by atoms with Gasteiger partial charge in [0.05, 0.1) is 0 Å². The second-order valence-corrected chi connectivity index (χ2v) is 5.11. The number of halogens is 1. The third-order valence-electron chi connectivity index (χ3n) is 1.96. The van der Waals surface area contributed by atoms with E-state index in [9.17, 15) is 4.79 Å². The average Bonchev–Trinajstić information content (AvgIpc) is 2.74. The van der Waals surface area contributed by atoms with Gasteiger partial charge in [-0.05, 0) is 31.2 Å². The van der Waals surface area contributed by atoms with Crippen LogP contribution in [0.1, 0.15) is 5.82 Å². The summed E-state index contributed by atoms with van der Waals surface area (Å²) in [4.78, 5) is 15.6. The van der Waals surface area contributed by atoms with Crippen molar-refractivity contribution in [2.24, 2.45) is 0 Å². The molecule has 1 N–H and O–H groups in total. The summed E-state index contributed by atoms with van der Waals surface area (Å²) in [7, 11) is 0. The zero-order valence-electron chi connectivity index (χ0n) is 9.51. The number of benzene rings is 1. The van der Waals surface area contributed by atoms with E-state index in [0.29, 0.717) is 16.7 Å². The van der Waals surface area contributed by atoms with Gasteiger partial charge in [0, 0.05) is 16.0 Å². The van der Waals surface area contributed by atoms with E-state index in [2.05, 4.69) is 30.6 Å². The van der Waals surface area contributed by atoms with Crippen LogP contribution in [0.25, 0.3) is 0 Å². The Balaban J connectivity index is 1.83. The summed E-state index contributed by atoms with van der Waals surface area (Å²) in [6.07, 6.45) is 0. The van der Waals surface area contributed by atoms with Crippen molar-refractivity contribution in [1.82, 2.24) is 9.36 Å². The van der Waals surface area contributed by atoms with E-state index < -0.39 is 0 Å². The summed E-state index contributed by atoms with van der Waals surface area (Å²) < 4.78 is 10.3. The van der Waals surface area contributed by atoms with E-state index in [1.807, 2.05) is 12.1 Å². The fraction of sp³-hybridized carbons (Fsp3) is 0.182. The lowest BCUT2D eigenvalue weighted by molar-refractivity contribution is -0.118. The zero-order valence-corrected chi connectivity index (χ0v) is 11.9. The highest BCUT2D eigenvalue weighted by Crippen LogP contribution is 2.16. The number of carbonyl (C=O) groups excluding carboxylic acids is 1. The normalized spacial score (nSPS) is 10.1. The molecule has 94 valence electrons. The molecule has 0 aliphatic carbocycles. The van der Waals surface area contributed by atoms with E-state index in [1.54, 1.807) is 19.1 Å². The van der Waals surface area contributed by atoms with Crippen LogP contribution in [0.15, 0.2) is 28.7 Å². The number of hydrogen-bond donors (Lipinski definition) is 1. The summed E-state index contributed by atoms with van der Waals surface area (Å²) in [5, 5.41) is 3.10. The first-order valence-corrected chi connectivity index (χ1v) is 6.68. The number of amides is 1. The van der Waals surface area contributed by atoms with Gasteiger partial charge < -0.3 is 4.74 Å². The van der Waals surface area contributed by atoms with Crippen LogP contribution in [0.3, 0.4) is 0 Å². The molecule has 0 aliphatic rings. The van der Waals surface area contributed by atoms with Gasteiger partial charge in [0.15, 0.2) is 6.61 Å². The Kier molecular flexibility index (Phi) is 4.27. The number of carbonyl (C=O) groups is 1. The van der Waals surface area contributed by atoms with E-state index in [1.165, 1.54) is 0 Å². The van der Waals surface area contributed by atoms with Crippen molar-refractivity contribution in [3.8, 4) is 5.75 Å². The van der Waals surface area contributed by atoms with Gasteiger partial charge in [-0.15, -0.1) is 0 Å². The number of nitrogens with one attached hydrogen (secondary N) is 1. The monoisotopic (exact) mass is 327 g/mol. The Hall–Kier alpha value is -1.47. The van der Waals surface area contributed by atoms with E-state index in [0.717, 1.165) is 16.0 Å². The minimum atomic E-state index is -0.255. The van der Waals surface area contributed by atoms with Crippen LogP contribution in [0.2, 0.25) is 0 Å². The first kappa shape index (κ1) is 13.0. The van der Waals surface area contributed by atoms with Crippen molar-refractivity contribution in [3.63, 3.8) is 0 Å². The topological polar surface area (TPSA) is 64.1 Å². The van der Waals surface area contributed by atoms with Gasteiger partial charge in [-0.25, -0.2) is 4.98 Å². The van der Waals surface area contributed by atoms with Crippen molar-refractivity contribution >= 4 is 38.5 Å². The molecule has 1 amide bonds. The van der Waals surface area contributed by atoms with Crippen LogP contribution in [-0.4, -0.2) is 21.9 Å². The first-order valence-electron chi connectivity index (χ1n) is 5.12. The molecule has 0 atom stereocenters. The zero-order chi connectivity index (χ0) is 13.0. The highest BCUT2D eigenvalue weighted by molar-refractivity contribution is 9.10. The Morgan fingerprint density at radius 1 is 1.44 bits per heavy atom. The highest BCUT2D eigenvalue weighted by atomic mass is 79.9. The Morgan fingerprint density at radius 3 is 2.78 bits per heavy atom. The molecule has 0 saturated carbocycles. The molecule has 18 heavy (non-hydrogen) atoms. The smallest absolute Gasteiger partial charge is 0.264 e. The minimum absolute atomic E-state index is 0.0553. The molecular weight excluding hydrogens is 318 g/mol. The molecule has 7 heteroatoms. The molecule has 0 fully saturated rings. The van der Waals surface area contributed by atoms with Crippen molar-refractivity contribution in [3.05, 3.63) is 34.6 Å². The molecule has 5 nitrogen and oxygen atoms in total. The fourth-order valence-electron chi connectivity index (χ4n) is 1.18. The summed E-state index contributed by atoms with van der Waals surface area (Å²) in [5.41, 5.74) is 0. The van der Waals surface area contributed by atoms with Gasteiger partial charge in [-0.2, -0.15) is 4.37 Å². The summed E-state index contributed by atoms with van der Waals surface area (Å²) in [5.74, 6) is 1.03. The average molecular weight is 328 g/mol. The van der Waals surface area contributed by atoms with Gasteiger partial charge in [-0.3, -0.25) is 10.1 Å². The van der Waals surface area contributed by atoms with Crippen LogP contribution in [-0.2, 0) is 4.79 Å². The molecule has 0 bridgehead atoms. The molecule has 1 aromatic heterocycles. The SMILES string of the molecule is Cc1nsc(NC(=O)COc2ccc(Br)cc2)n1. The van der Waals surface area contributed by atoms with Gasteiger partial charge in [-0.1, -0.05) is 15.9 Å². The third-order valence-corrected chi connectivity index (χ3v) is 3.21. The second kappa shape index (κ2) is 5.92. The number of anilines is 1. The lowest BCUT2D eigenvalue weighted by Gasteiger charge is -2.05. The summed E-state index contributed by atoms with van der Waals surface area (Å²) in [6, 6.07) is 7.27. The molecule has 2 rings (SSSR count). The van der Waals surface area contributed by atoms with Gasteiger partial charge >= 0.3 is 0 Å². The van der Waals surface area contributed by atoms with Gasteiger partial charge in [0.2, 0.25) is 5.13 Å². The second-order valence-electron chi connectivity index (χ2n) is 3.44. The molecule has 0 unspecified atom stereocenters. The standard InChI is InChI=1S/C11H10BrN3O2S/c1-7-13-11(18-15-7)14-10(16)6-17-9-4-2-8(12)3-5-9/h2-5H,6H2,1H3,(H,13,14,15,16). The van der Waals surface area contributed by atoms with Crippen LogP contribution in [0.5, 0.6) is 5.75 Å². The summed E-state index contributed by atoms with van der Waals surface area (Å²) in [6.45, 7) is 1.71. The maximum absolute atomic E-state index is 11.6. The van der Waals surface area contributed by atoms with Crippen LogP contribution < -0.4 is 10.1 Å². The quantitative estimate of drug-likeness (QED) is 0.937. The number of rotatable bonds is 4. The molecule has 1 aromatic carbocycles. The molecule has 0 aliphatic heterocycles. The number of aromatic nitrogens is 2. The maximum Gasteiger partial charge on any atom is 0.264 e. The predicted octanol–water partition coefficient (Wildman–Crippen LogP) is 2.63. The van der Waals surface area contributed by atoms with Crippen molar-refractivity contribution in [2.75, 3.05) is 11.9 Å². The number of aryl methyl sites for hydroxylation is 1. The van der Waals surface area contributed by atoms with Gasteiger partial charge in [0.1, 0.15) is 11.6 Å².